The van der Waals surface area contributed by atoms with E-state index in [2.05, 4.69) is 30.2 Å². The number of hydrogen-bond donors (Lipinski definition) is 3. The fraction of sp³-hybridized carbons (Fsp3) is 0.226. The van der Waals surface area contributed by atoms with Crippen molar-refractivity contribution in [2.24, 2.45) is 15.7 Å². The van der Waals surface area contributed by atoms with E-state index >= 15 is 0 Å². The maximum Gasteiger partial charge on any atom is 0.291 e. The third kappa shape index (κ3) is 6.76. The summed E-state index contributed by atoms with van der Waals surface area (Å²) in [4.78, 5) is 33.2. The Balaban J connectivity index is 0.00000180. The molecule has 0 radical (unpaired) electrons. The molecule has 4 heterocycles. The fourth-order valence-corrected chi connectivity index (χ4v) is 5.59. The quantitative estimate of drug-likeness (QED) is 0.226. The first-order valence-electron chi connectivity index (χ1n) is 14.0. The van der Waals surface area contributed by atoms with Gasteiger partial charge in [-0.1, -0.05) is 79.8 Å². The monoisotopic (exact) mass is 596 g/mol. The van der Waals surface area contributed by atoms with Gasteiger partial charge in [0.1, 0.15) is 10.0 Å². The van der Waals surface area contributed by atoms with Crippen molar-refractivity contribution >= 4 is 45.6 Å². The lowest BCUT2D eigenvalue weighted by Gasteiger charge is -2.27. The van der Waals surface area contributed by atoms with E-state index in [-0.39, 0.29) is 11.9 Å². The zero-order valence-electron chi connectivity index (χ0n) is 23.9. The fourth-order valence-electron chi connectivity index (χ4n) is 4.50. The van der Waals surface area contributed by atoms with Crippen LogP contribution in [0, 0.1) is 5.41 Å². The minimum absolute atomic E-state index is 0.296. The van der Waals surface area contributed by atoms with Crippen LogP contribution in [0.1, 0.15) is 30.7 Å². The number of nitrogens with zero attached hydrogens (tertiary/aromatic N) is 5. The van der Waals surface area contributed by atoms with Crippen LogP contribution in [0.4, 0.5) is 10.7 Å². The number of aromatic nitrogens is 2. The van der Waals surface area contributed by atoms with Gasteiger partial charge in [-0.05, 0) is 18.2 Å². The summed E-state index contributed by atoms with van der Waals surface area (Å²) >= 11 is 1.41. The minimum atomic E-state index is -1.23. The number of para-hydroxylation sites is 1. The van der Waals surface area contributed by atoms with E-state index in [1.54, 1.807) is 6.20 Å². The molecule has 1 fully saturated rings. The summed E-state index contributed by atoms with van der Waals surface area (Å²) in [5.74, 6) is -0.766. The smallest absolute Gasteiger partial charge is 0.291 e. The number of thiazole rings is 1. The SMILES string of the molecule is CC.N=C(O/C(N)=N/C1N=C(c2ccccc2)c2ccccc2NC1=O)c1nc(-c2ccccn2)sc1N1CCOCC1. The number of rotatable bonds is 5. The first kappa shape index (κ1) is 29.5. The molecule has 1 atom stereocenters. The second-order valence-corrected chi connectivity index (χ2v) is 10.1. The molecule has 0 spiro atoms. The second-order valence-electron chi connectivity index (χ2n) is 9.14. The van der Waals surface area contributed by atoms with E-state index in [0.717, 1.165) is 16.1 Å². The first-order chi connectivity index (χ1) is 21.1. The van der Waals surface area contributed by atoms with Crippen LogP contribution >= 0.6 is 11.3 Å². The van der Waals surface area contributed by atoms with E-state index < -0.39 is 12.1 Å². The molecule has 1 unspecified atom stereocenters. The van der Waals surface area contributed by atoms with Gasteiger partial charge in [-0.15, -0.1) is 0 Å². The van der Waals surface area contributed by atoms with Crippen LogP contribution < -0.4 is 16.0 Å². The summed E-state index contributed by atoms with van der Waals surface area (Å²) < 4.78 is 11.2. The molecular formula is C31H32N8O3S. The molecule has 1 amide bonds. The zero-order valence-corrected chi connectivity index (χ0v) is 24.7. The van der Waals surface area contributed by atoms with Crippen molar-refractivity contribution in [1.82, 2.24) is 9.97 Å². The first-order valence-corrected chi connectivity index (χ1v) is 14.8. The summed E-state index contributed by atoms with van der Waals surface area (Å²) in [6.45, 7) is 6.42. The lowest BCUT2D eigenvalue weighted by molar-refractivity contribution is -0.117. The van der Waals surface area contributed by atoms with Crippen molar-refractivity contribution in [2.45, 2.75) is 20.0 Å². The third-order valence-electron chi connectivity index (χ3n) is 6.44. The van der Waals surface area contributed by atoms with E-state index in [0.29, 0.717) is 54.1 Å². The maximum atomic E-state index is 13.1. The standard InChI is InChI=1S/C29H26N8O3S.C2H6/c30-24(23-28(37-14-16-39-17-15-37)41-27(35-23)21-12-6-7-13-32-21)40-29(31)36-25-26(38)33-20-11-5-4-10-19(20)22(34-25)18-8-2-1-3-9-18;1-2/h1-13,25,30H,14-17H2,(H2,31,36)(H,33,38);1-2H3. The average Bonchev–Trinajstić information content (AvgIpc) is 3.46. The summed E-state index contributed by atoms with van der Waals surface area (Å²) in [5, 5.41) is 13.0. The minimum Gasteiger partial charge on any atom is -0.405 e. The number of hydrogen-bond acceptors (Lipinski definition) is 10. The van der Waals surface area contributed by atoms with Crippen LogP contribution in [0.3, 0.4) is 0 Å². The molecule has 2 aliphatic rings. The van der Waals surface area contributed by atoms with Crippen LogP contribution in [-0.2, 0) is 14.3 Å². The Bertz CT molecular complexity index is 1630. The van der Waals surface area contributed by atoms with E-state index in [1.165, 1.54) is 11.3 Å². The summed E-state index contributed by atoms with van der Waals surface area (Å²) in [5.41, 5.74) is 9.94. The third-order valence-corrected chi connectivity index (χ3v) is 7.57. The van der Waals surface area contributed by atoms with Gasteiger partial charge < -0.3 is 25.4 Å². The Hall–Kier alpha value is -4.94. The molecule has 4 N–H and O–H groups in total. The van der Waals surface area contributed by atoms with Gasteiger partial charge >= 0.3 is 0 Å². The number of nitrogens with one attached hydrogen (secondary N) is 2. The van der Waals surface area contributed by atoms with Crippen LogP contribution in [0.2, 0.25) is 0 Å². The van der Waals surface area contributed by atoms with E-state index in [1.807, 2.05) is 86.6 Å². The molecule has 220 valence electrons. The summed E-state index contributed by atoms with van der Waals surface area (Å²) in [7, 11) is 0. The number of benzene rings is 2. The molecule has 4 aromatic rings. The van der Waals surface area contributed by atoms with Gasteiger partial charge in [-0.25, -0.2) is 9.98 Å². The van der Waals surface area contributed by atoms with Gasteiger partial charge in [-0.2, -0.15) is 4.99 Å². The molecule has 0 bridgehead atoms. The Labute approximate surface area is 253 Å². The van der Waals surface area contributed by atoms with Gasteiger partial charge in [0, 0.05) is 30.4 Å². The van der Waals surface area contributed by atoms with Crippen LogP contribution in [0.15, 0.2) is 89.0 Å². The Morgan fingerprint density at radius 1 is 1.07 bits per heavy atom. The zero-order chi connectivity index (χ0) is 30.2. The Morgan fingerprint density at radius 3 is 2.53 bits per heavy atom. The normalized spacial score (nSPS) is 16.6. The number of amidine groups is 1. The topological polar surface area (TPSA) is 151 Å². The van der Waals surface area contributed by atoms with E-state index in [4.69, 9.17) is 20.6 Å². The number of morpholine rings is 1. The number of carbonyl (C=O) groups is 1. The van der Waals surface area contributed by atoms with Crippen LogP contribution in [0.5, 0.6) is 0 Å². The van der Waals surface area contributed by atoms with Crippen molar-refractivity contribution in [2.75, 3.05) is 36.5 Å². The Kier molecular flexibility index (Phi) is 9.49. The second kappa shape index (κ2) is 13.8. The number of ether oxygens (including phenoxy) is 2. The molecule has 43 heavy (non-hydrogen) atoms. The van der Waals surface area contributed by atoms with Gasteiger partial charge in [0.2, 0.25) is 12.1 Å². The average molecular weight is 597 g/mol. The maximum absolute atomic E-state index is 13.1. The lowest BCUT2D eigenvalue weighted by atomic mass is 10.0. The molecule has 6 rings (SSSR count). The highest BCUT2D eigenvalue weighted by molar-refractivity contribution is 7.19. The highest BCUT2D eigenvalue weighted by Gasteiger charge is 2.28. The Morgan fingerprint density at radius 2 is 1.79 bits per heavy atom. The molecule has 1 saturated heterocycles. The van der Waals surface area contributed by atoms with Crippen molar-refractivity contribution in [3.8, 4) is 10.7 Å². The summed E-state index contributed by atoms with van der Waals surface area (Å²) in [6, 6.07) is 22.1. The molecule has 11 nitrogen and oxygen atoms in total. The predicted octanol–water partition coefficient (Wildman–Crippen LogP) is 4.54. The molecule has 0 aliphatic carbocycles. The lowest BCUT2D eigenvalue weighted by Crippen LogP contribution is -2.37. The van der Waals surface area contributed by atoms with Crippen LogP contribution in [-0.4, -0.2) is 66.0 Å². The number of pyridine rings is 1. The van der Waals surface area contributed by atoms with Gasteiger partial charge in [0.15, 0.2) is 5.69 Å². The molecule has 2 aromatic heterocycles. The van der Waals surface area contributed by atoms with Gasteiger partial charge in [-0.3, -0.25) is 15.2 Å². The number of carbonyl (C=O) groups excluding carboxylic acids is 1. The van der Waals surface area contributed by atoms with Crippen LogP contribution in [0.25, 0.3) is 10.7 Å². The largest absolute Gasteiger partial charge is 0.405 e. The molecule has 2 aliphatic heterocycles. The number of benzodiazepines with no additional fused rings is 1. The van der Waals surface area contributed by atoms with Crippen molar-refractivity contribution < 1.29 is 14.3 Å². The number of aliphatic imine (C=N–C) groups is 2. The molecule has 12 heteroatoms. The van der Waals surface area contributed by atoms with Crippen molar-refractivity contribution in [3.63, 3.8) is 0 Å². The number of nitrogens with two attached hydrogens (primary N) is 1. The van der Waals surface area contributed by atoms with Crippen molar-refractivity contribution in [1.29, 1.82) is 5.41 Å². The molecule has 0 saturated carbocycles. The van der Waals surface area contributed by atoms with Crippen molar-refractivity contribution in [3.05, 3.63) is 95.8 Å². The van der Waals surface area contributed by atoms with Gasteiger partial charge in [0.05, 0.1) is 30.3 Å². The number of amides is 1. The highest BCUT2D eigenvalue weighted by atomic mass is 32.1. The summed E-state index contributed by atoms with van der Waals surface area (Å²) in [6.07, 6.45) is 0.459. The molecule has 2 aromatic carbocycles. The highest BCUT2D eigenvalue weighted by Crippen LogP contribution is 2.35. The van der Waals surface area contributed by atoms with Gasteiger partial charge in [0.25, 0.3) is 11.9 Å². The predicted molar refractivity (Wildman–Crippen MR) is 170 cm³/mol. The van der Waals surface area contributed by atoms with E-state index in [9.17, 15) is 4.79 Å². The number of anilines is 2. The number of fused-ring (bicyclic) bond motifs is 1. The molecular weight excluding hydrogens is 564 g/mol.